The molecule has 0 bridgehead atoms. The van der Waals surface area contributed by atoms with Crippen LogP contribution in [0.2, 0.25) is 0 Å². The van der Waals surface area contributed by atoms with Gasteiger partial charge in [0.25, 0.3) is 5.91 Å². The Morgan fingerprint density at radius 2 is 1.78 bits per heavy atom. The van der Waals surface area contributed by atoms with E-state index >= 15 is 0 Å². The lowest BCUT2D eigenvalue weighted by Gasteiger charge is -2.08. The van der Waals surface area contributed by atoms with Crippen LogP contribution in [0.5, 0.6) is 0 Å². The second kappa shape index (κ2) is 8.62. The predicted molar refractivity (Wildman–Crippen MR) is 106 cm³/mol. The van der Waals surface area contributed by atoms with Crippen LogP contribution >= 0.6 is 0 Å². The highest BCUT2D eigenvalue weighted by atomic mass is 19.1. The Bertz CT molecular complexity index is 898. The summed E-state index contributed by atoms with van der Waals surface area (Å²) in [6, 6.07) is 15.7. The van der Waals surface area contributed by atoms with Crippen LogP contribution in [-0.2, 0) is 0 Å². The molecule has 1 aromatic heterocycles. The van der Waals surface area contributed by atoms with E-state index < -0.39 is 0 Å². The molecule has 0 unspecified atom stereocenters. The number of hydrogen-bond donors (Lipinski definition) is 1. The van der Waals surface area contributed by atoms with E-state index in [-0.39, 0.29) is 11.7 Å². The Kier molecular flexibility index (Phi) is 6.01. The molecule has 1 N–H and O–H groups in total. The smallest absolute Gasteiger partial charge is 0.270 e. The van der Waals surface area contributed by atoms with Gasteiger partial charge >= 0.3 is 0 Å². The van der Waals surface area contributed by atoms with Crippen molar-refractivity contribution in [3.63, 3.8) is 0 Å². The summed E-state index contributed by atoms with van der Waals surface area (Å²) in [5.74, 6) is -0.460. The van der Waals surface area contributed by atoms with Crippen LogP contribution in [0, 0.1) is 12.7 Å². The highest BCUT2D eigenvalue weighted by Crippen LogP contribution is 2.22. The van der Waals surface area contributed by atoms with Crippen LogP contribution in [0.1, 0.15) is 42.2 Å². The van der Waals surface area contributed by atoms with Crippen LogP contribution in [0.3, 0.4) is 0 Å². The average Bonchev–Trinajstić information content (AvgIpc) is 3.12. The molecule has 0 fully saturated rings. The van der Waals surface area contributed by atoms with Crippen molar-refractivity contribution >= 4 is 5.91 Å². The third-order valence-corrected chi connectivity index (χ3v) is 4.43. The molecule has 3 aromatic rings. The summed E-state index contributed by atoms with van der Waals surface area (Å²) in [4.78, 5) is 12.7. The summed E-state index contributed by atoms with van der Waals surface area (Å²) in [5, 5.41) is 7.58. The first kappa shape index (κ1) is 18.8. The zero-order valence-corrected chi connectivity index (χ0v) is 15.7. The average molecular weight is 365 g/mol. The molecular formula is C22H24FN3O. The van der Waals surface area contributed by atoms with Gasteiger partial charge in [0.15, 0.2) is 0 Å². The molecule has 3 rings (SSSR count). The third kappa shape index (κ3) is 4.61. The fourth-order valence-corrected chi connectivity index (χ4v) is 2.85. The van der Waals surface area contributed by atoms with E-state index in [1.54, 1.807) is 22.9 Å². The van der Waals surface area contributed by atoms with Gasteiger partial charge in [0.2, 0.25) is 0 Å². The summed E-state index contributed by atoms with van der Waals surface area (Å²) < 4.78 is 14.9. The van der Waals surface area contributed by atoms with Crippen molar-refractivity contribution in [3.05, 3.63) is 71.7 Å². The van der Waals surface area contributed by atoms with Crippen LogP contribution in [0.25, 0.3) is 16.9 Å². The SMILES string of the molecule is CCCCCNC(=O)c1cc(-c2ccc(F)cc2)nn1-c1ccc(C)cc1. The number of carbonyl (C=O) groups is 1. The lowest BCUT2D eigenvalue weighted by Crippen LogP contribution is -2.26. The van der Waals surface area contributed by atoms with E-state index in [2.05, 4.69) is 17.3 Å². The first-order valence-corrected chi connectivity index (χ1v) is 9.29. The third-order valence-electron chi connectivity index (χ3n) is 4.43. The first-order chi connectivity index (χ1) is 13.1. The number of amides is 1. The summed E-state index contributed by atoms with van der Waals surface area (Å²) >= 11 is 0. The summed E-state index contributed by atoms with van der Waals surface area (Å²) in [6.45, 7) is 4.78. The standard InChI is InChI=1S/C22H24FN3O/c1-3-4-5-14-24-22(27)21-15-20(17-8-10-18(23)11-9-17)25-26(21)19-12-6-16(2)7-13-19/h6-13,15H,3-5,14H2,1-2H3,(H,24,27). The maximum absolute atomic E-state index is 13.2. The van der Waals surface area contributed by atoms with Gasteiger partial charge in [-0.15, -0.1) is 0 Å². The van der Waals surface area contributed by atoms with Crippen molar-refractivity contribution in [1.82, 2.24) is 15.1 Å². The van der Waals surface area contributed by atoms with Crippen LogP contribution in [0.15, 0.2) is 54.6 Å². The molecule has 0 spiro atoms. The number of aryl methyl sites for hydroxylation is 1. The highest BCUT2D eigenvalue weighted by molar-refractivity contribution is 5.94. The van der Waals surface area contributed by atoms with Crippen molar-refractivity contribution in [2.24, 2.45) is 0 Å². The molecule has 1 amide bonds. The van der Waals surface area contributed by atoms with E-state index in [1.807, 2.05) is 31.2 Å². The van der Waals surface area contributed by atoms with E-state index in [0.717, 1.165) is 36.1 Å². The van der Waals surface area contributed by atoms with Gasteiger partial charge in [-0.1, -0.05) is 37.5 Å². The zero-order chi connectivity index (χ0) is 19.2. The molecule has 2 aromatic carbocycles. The lowest BCUT2D eigenvalue weighted by atomic mass is 10.1. The maximum Gasteiger partial charge on any atom is 0.270 e. The fourth-order valence-electron chi connectivity index (χ4n) is 2.85. The van der Waals surface area contributed by atoms with Gasteiger partial charge in [0.1, 0.15) is 11.5 Å². The highest BCUT2D eigenvalue weighted by Gasteiger charge is 2.17. The van der Waals surface area contributed by atoms with Crippen LogP contribution < -0.4 is 5.32 Å². The first-order valence-electron chi connectivity index (χ1n) is 9.29. The number of carbonyl (C=O) groups excluding carboxylic acids is 1. The van der Waals surface area contributed by atoms with Gasteiger partial charge in [-0.25, -0.2) is 9.07 Å². The Morgan fingerprint density at radius 1 is 1.07 bits per heavy atom. The van der Waals surface area contributed by atoms with Crippen molar-refractivity contribution < 1.29 is 9.18 Å². The number of nitrogens with zero attached hydrogens (tertiary/aromatic N) is 2. The van der Waals surface area contributed by atoms with E-state index in [0.29, 0.717) is 17.9 Å². The predicted octanol–water partition coefficient (Wildman–Crippen LogP) is 4.91. The van der Waals surface area contributed by atoms with Gasteiger partial charge in [0, 0.05) is 12.1 Å². The molecular weight excluding hydrogens is 341 g/mol. The minimum atomic E-state index is -0.300. The Labute approximate surface area is 159 Å². The van der Waals surface area contributed by atoms with Gasteiger partial charge in [-0.05, 0) is 55.8 Å². The number of benzene rings is 2. The lowest BCUT2D eigenvalue weighted by molar-refractivity contribution is 0.0945. The number of rotatable bonds is 7. The van der Waals surface area contributed by atoms with Gasteiger partial charge in [-0.2, -0.15) is 5.10 Å². The normalized spacial score (nSPS) is 10.8. The number of unbranched alkanes of at least 4 members (excludes halogenated alkanes) is 2. The van der Waals surface area contributed by atoms with Crippen LogP contribution in [-0.4, -0.2) is 22.2 Å². The molecule has 27 heavy (non-hydrogen) atoms. The van der Waals surface area contributed by atoms with E-state index in [1.165, 1.54) is 12.1 Å². The zero-order valence-electron chi connectivity index (χ0n) is 15.7. The molecule has 1 heterocycles. The molecule has 4 nitrogen and oxygen atoms in total. The number of aromatic nitrogens is 2. The number of halogens is 1. The largest absolute Gasteiger partial charge is 0.351 e. The topological polar surface area (TPSA) is 46.9 Å². The summed E-state index contributed by atoms with van der Waals surface area (Å²) in [7, 11) is 0. The second-order valence-corrected chi connectivity index (χ2v) is 6.63. The van der Waals surface area contributed by atoms with Crippen molar-refractivity contribution in [2.75, 3.05) is 6.54 Å². The molecule has 0 aliphatic rings. The quantitative estimate of drug-likeness (QED) is 0.605. The molecule has 140 valence electrons. The minimum Gasteiger partial charge on any atom is -0.351 e. The Morgan fingerprint density at radius 3 is 2.44 bits per heavy atom. The van der Waals surface area contributed by atoms with Crippen molar-refractivity contribution in [1.29, 1.82) is 0 Å². The molecule has 0 saturated heterocycles. The Balaban J connectivity index is 1.94. The summed E-state index contributed by atoms with van der Waals surface area (Å²) in [6.07, 6.45) is 3.13. The molecule has 0 radical (unpaired) electrons. The second-order valence-electron chi connectivity index (χ2n) is 6.63. The molecule has 0 aliphatic heterocycles. The molecule has 0 aliphatic carbocycles. The molecule has 0 atom stereocenters. The van der Waals surface area contributed by atoms with E-state index in [9.17, 15) is 9.18 Å². The number of nitrogens with one attached hydrogen (secondary N) is 1. The molecule has 5 heteroatoms. The van der Waals surface area contributed by atoms with E-state index in [4.69, 9.17) is 0 Å². The fraction of sp³-hybridized carbons (Fsp3) is 0.273. The Hall–Kier alpha value is -2.95. The number of hydrogen-bond acceptors (Lipinski definition) is 2. The van der Waals surface area contributed by atoms with Gasteiger partial charge in [0.05, 0.1) is 11.4 Å². The minimum absolute atomic E-state index is 0.160. The van der Waals surface area contributed by atoms with Crippen molar-refractivity contribution in [3.8, 4) is 16.9 Å². The van der Waals surface area contributed by atoms with Gasteiger partial charge < -0.3 is 5.32 Å². The van der Waals surface area contributed by atoms with Crippen LogP contribution in [0.4, 0.5) is 4.39 Å². The molecule has 0 saturated carbocycles. The van der Waals surface area contributed by atoms with Gasteiger partial charge in [-0.3, -0.25) is 4.79 Å². The summed E-state index contributed by atoms with van der Waals surface area (Å²) in [5.41, 5.74) is 3.81. The monoisotopic (exact) mass is 365 g/mol. The maximum atomic E-state index is 13.2. The van der Waals surface area contributed by atoms with Crippen molar-refractivity contribution in [2.45, 2.75) is 33.1 Å².